The lowest BCUT2D eigenvalue weighted by atomic mass is 10.3. The molecule has 0 aromatic carbocycles. The van der Waals surface area contributed by atoms with E-state index >= 15 is 0 Å². The van der Waals surface area contributed by atoms with E-state index < -0.39 is 0 Å². The van der Waals surface area contributed by atoms with Gasteiger partial charge in [-0.2, -0.15) is 0 Å². The monoisotopic (exact) mass is 267 g/mol. The zero-order valence-corrected chi connectivity index (χ0v) is 12.2. The molecule has 1 N–H and O–H groups in total. The number of hydrogen-bond acceptors (Lipinski definition) is 5. The number of nitrogens with one attached hydrogen (secondary N) is 1. The van der Waals surface area contributed by atoms with Crippen LogP contribution >= 0.6 is 22.7 Å². The summed E-state index contributed by atoms with van der Waals surface area (Å²) in [5, 5.41) is 5.76. The van der Waals surface area contributed by atoms with Gasteiger partial charge in [-0.3, -0.25) is 0 Å². The smallest absolute Gasteiger partial charge is 0.109 e. The fourth-order valence-corrected chi connectivity index (χ4v) is 3.20. The van der Waals surface area contributed by atoms with Gasteiger partial charge in [0.2, 0.25) is 0 Å². The Morgan fingerprint density at radius 2 is 2.06 bits per heavy atom. The molecule has 92 valence electrons. The van der Waals surface area contributed by atoms with Crippen molar-refractivity contribution in [1.82, 2.24) is 15.3 Å². The molecule has 0 fully saturated rings. The highest BCUT2D eigenvalue weighted by Crippen LogP contribution is 2.21. The minimum Gasteiger partial charge on any atom is -0.302 e. The van der Waals surface area contributed by atoms with Gasteiger partial charge in [0, 0.05) is 22.5 Å². The summed E-state index contributed by atoms with van der Waals surface area (Å²) in [6.45, 7) is 9.22. The molecule has 0 saturated carbocycles. The van der Waals surface area contributed by atoms with Crippen molar-refractivity contribution in [2.24, 2.45) is 0 Å². The van der Waals surface area contributed by atoms with Crippen molar-refractivity contribution in [2.45, 2.75) is 40.3 Å². The van der Waals surface area contributed by atoms with Crippen molar-refractivity contribution in [3.8, 4) is 0 Å². The van der Waals surface area contributed by atoms with Crippen LogP contribution in [0.4, 0.5) is 0 Å². The summed E-state index contributed by atoms with van der Waals surface area (Å²) in [5.41, 5.74) is 1.14. The Morgan fingerprint density at radius 1 is 1.29 bits per heavy atom. The van der Waals surface area contributed by atoms with Gasteiger partial charge in [0.05, 0.1) is 11.7 Å². The third kappa shape index (κ3) is 3.12. The van der Waals surface area contributed by atoms with Gasteiger partial charge in [-0.1, -0.05) is 0 Å². The topological polar surface area (TPSA) is 37.8 Å². The van der Waals surface area contributed by atoms with Gasteiger partial charge in [0.25, 0.3) is 0 Å². The molecule has 3 nitrogen and oxygen atoms in total. The van der Waals surface area contributed by atoms with Gasteiger partial charge in [0.1, 0.15) is 10.0 Å². The van der Waals surface area contributed by atoms with Crippen LogP contribution in [-0.4, -0.2) is 9.97 Å². The highest BCUT2D eigenvalue weighted by Gasteiger charge is 2.10. The first-order valence-electron chi connectivity index (χ1n) is 5.65. The number of hydrogen-bond donors (Lipinski definition) is 1. The van der Waals surface area contributed by atoms with Crippen molar-refractivity contribution in [2.75, 3.05) is 0 Å². The van der Waals surface area contributed by atoms with Crippen LogP contribution < -0.4 is 5.32 Å². The maximum atomic E-state index is 4.52. The van der Waals surface area contributed by atoms with Gasteiger partial charge >= 0.3 is 0 Å². The molecule has 5 heteroatoms. The van der Waals surface area contributed by atoms with Crippen LogP contribution in [0.1, 0.15) is 38.4 Å². The molecule has 2 heterocycles. The van der Waals surface area contributed by atoms with E-state index in [1.165, 1.54) is 9.75 Å². The van der Waals surface area contributed by atoms with E-state index in [4.69, 9.17) is 0 Å². The molecule has 1 unspecified atom stereocenters. The Balaban J connectivity index is 1.94. The van der Waals surface area contributed by atoms with Crippen LogP contribution in [0.25, 0.3) is 0 Å². The zero-order valence-electron chi connectivity index (χ0n) is 10.6. The molecule has 2 rings (SSSR count). The summed E-state index contributed by atoms with van der Waals surface area (Å²) >= 11 is 3.51. The molecule has 0 saturated heterocycles. The highest BCUT2D eigenvalue weighted by molar-refractivity contribution is 7.12. The van der Waals surface area contributed by atoms with Crippen molar-refractivity contribution in [3.05, 3.63) is 31.7 Å². The van der Waals surface area contributed by atoms with E-state index in [1.807, 2.05) is 6.20 Å². The summed E-state index contributed by atoms with van der Waals surface area (Å²) in [6, 6.07) is 0.290. The molecule has 17 heavy (non-hydrogen) atoms. The molecule has 0 aliphatic heterocycles. The van der Waals surface area contributed by atoms with Crippen LogP contribution in [0, 0.1) is 20.8 Å². The van der Waals surface area contributed by atoms with Gasteiger partial charge in [-0.05, 0) is 27.7 Å². The van der Waals surface area contributed by atoms with Crippen molar-refractivity contribution >= 4 is 22.7 Å². The van der Waals surface area contributed by atoms with Gasteiger partial charge < -0.3 is 5.32 Å². The fourth-order valence-electron chi connectivity index (χ4n) is 1.51. The Bertz CT molecular complexity index is 482. The summed E-state index contributed by atoms with van der Waals surface area (Å²) in [5.74, 6) is 0. The number of nitrogens with zero attached hydrogens (tertiary/aromatic N) is 2. The fraction of sp³-hybridized carbons (Fsp3) is 0.500. The van der Waals surface area contributed by atoms with Crippen molar-refractivity contribution < 1.29 is 0 Å². The van der Waals surface area contributed by atoms with Crippen LogP contribution in [0.5, 0.6) is 0 Å². The molecular weight excluding hydrogens is 250 g/mol. The minimum absolute atomic E-state index is 0.290. The summed E-state index contributed by atoms with van der Waals surface area (Å²) in [6.07, 6.45) is 1.93. The first-order chi connectivity index (χ1) is 8.06. The van der Waals surface area contributed by atoms with Gasteiger partial charge in [-0.25, -0.2) is 9.97 Å². The Morgan fingerprint density at radius 3 is 2.59 bits per heavy atom. The number of rotatable bonds is 4. The lowest BCUT2D eigenvalue weighted by Gasteiger charge is -2.08. The molecule has 0 spiro atoms. The van der Waals surface area contributed by atoms with Crippen LogP contribution in [0.15, 0.2) is 6.20 Å². The first kappa shape index (κ1) is 12.7. The predicted molar refractivity (Wildman–Crippen MR) is 73.7 cm³/mol. The number of aromatic nitrogens is 2. The van der Waals surface area contributed by atoms with Gasteiger partial charge in [0.15, 0.2) is 0 Å². The summed E-state index contributed by atoms with van der Waals surface area (Å²) in [7, 11) is 0. The SMILES string of the molecule is Cc1cnc(C(C)NCc2nc(C)c(C)s2)s1. The molecule has 0 aliphatic rings. The quantitative estimate of drug-likeness (QED) is 0.923. The van der Waals surface area contributed by atoms with E-state index in [0.717, 1.165) is 22.3 Å². The second kappa shape index (κ2) is 5.25. The standard InChI is InChI=1S/C12H17N3S2/c1-7-5-14-12(16-7)9(3)13-6-11-15-8(2)10(4)17-11/h5,9,13H,6H2,1-4H3. The molecular formula is C12H17N3S2. The Hall–Kier alpha value is -0.780. The van der Waals surface area contributed by atoms with Crippen LogP contribution in [-0.2, 0) is 6.54 Å². The molecule has 0 aliphatic carbocycles. The molecule has 0 bridgehead atoms. The van der Waals surface area contributed by atoms with Crippen LogP contribution in [0.3, 0.4) is 0 Å². The maximum absolute atomic E-state index is 4.52. The second-order valence-electron chi connectivity index (χ2n) is 4.16. The third-order valence-electron chi connectivity index (χ3n) is 2.64. The molecule has 2 aromatic rings. The average Bonchev–Trinajstić information content (AvgIpc) is 2.83. The zero-order chi connectivity index (χ0) is 12.4. The predicted octanol–water partition coefficient (Wildman–Crippen LogP) is 3.38. The van der Waals surface area contributed by atoms with E-state index in [1.54, 1.807) is 22.7 Å². The largest absolute Gasteiger partial charge is 0.302 e. The summed E-state index contributed by atoms with van der Waals surface area (Å²) < 4.78 is 0. The molecule has 0 radical (unpaired) electrons. The van der Waals surface area contributed by atoms with Crippen molar-refractivity contribution in [1.29, 1.82) is 0 Å². The van der Waals surface area contributed by atoms with E-state index in [2.05, 4.69) is 43.0 Å². The summed E-state index contributed by atoms with van der Waals surface area (Å²) in [4.78, 5) is 11.5. The van der Waals surface area contributed by atoms with E-state index in [-0.39, 0.29) is 0 Å². The highest BCUT2D eigenvalue weighted by atomic mass is 32.1. The molecule has 1 atom stereocenters. The Kier molecular flexibility index (Phi) is 3.91. The van der Waals surface area contributed by atoms with Crippen molar-refractivity contribution in [3.63, 3.8) is 0 Å². The van der Waals surface area contributed by atoms with Crippen LogP contribution in [0.2, 0.25) is 0 Å². The molecule has 2 aromatic heterocycles. The second-order valence-corrected chi connectivity index (χ2v) is 6.72. The lowest BCUT2D eigenvalue weighted by molar-refractivity contribution is 0.570. The van der Waals surface area contributed by atoms with Gasteiger partial charge in [-0.15, -0.1) is 22.7 Å². The minimum atomic E-state index is 0.290. The average molecular weight is 267 g/mol. The van der Waals surface area contributed by atoms with E-state index in [9.17, 15) is 0 Å². The Labute approximate surface area is 110 Å². The normalized spacial score (nSPS) is 12.9. The number of aryl methyl sites for hydroxylation is 3. The molecule has 0 amide bonds. The third-order valence-corrected chi connectivity index (χ3v) is 4.81. The lowest BCUT2D eigenvalue weighted by Crippen LogP contribution is -2.17. The number of thiazole rings is 2. The maximum Gasteiger partial charge on any atom is 0.109 e. The van der Waals surface area contributed by atoms with E-state index in [0.29, 0.717) is 6.04 Å². The first-order valence-corrected chi connectivity index (χ1v) is 7.28.